The average molecular weight is 424 g/mol. The second-order valence-corrected chi connectivity index (χ2v) is 7.37. The zero-order chi connectivity index (χ0) is 20.6. The van der Waals surface area contributed by atoms with Crippen molar-refractivity contribution < 1.29 is 9.53 Å². The van der Waals surface area contributed by atoms with Crippen LogP contribution in [0.15, 0.2) is 60.1 Å². The van der Waals surface area contributed by atoms with Crippen molar-refractivity contribution in [1.29, 1.82) is 5.26 Å². The maximum absolute atomic E-state index is 11.8. The molecular formula is C22H18ClN3O2S. The van der Waals surface area contributed by atoms with Gasteiger partial charge in [0.2, 0.25) is 0 Å². The van der Waals surface area contributed by atoms with Crippen LogP contribution in [-0.2, 0) is 4.74 Å². The number of thiazole rings is 1. The summed E-state index contributed by atoms with van der Waals surface area (Å²) in [5, 5.41) is 15.8. The van der Waals surface area contributed by atoms with Gasteiger partial charge >= 0.3 is 5.97 Å². The molecule has 0 amide bonds. The summed E-state index contributed by atoms with van der Waals surface area (Å²) in [6.45, 7) is 2.35. The van der Waals surface area contributed by atoms with E-state index < -0.39 is 0 Å². The number of carbonyl (C=O) groups excluding carboxylic acids is 1. The maximum atomic E-state index is 11.8. The monoisotopic (exact) mass is 423 g/mol. The molecule has 2 aromatic carbocycles. The van der Waals surface area contributed by atoms with Crippen LogP contribution < -0.4 is 5.32 Å². The molecule has 0 aliphatic carbocycles. The Morgan fingerprint density at radius 3 is 2.62 bits per heavy atom. The van der Waals surface area contributed by atoms with Crippen molar-refractivity contribution in [3.63, 3.8) is 0 Å². The van der Waals surface area contributed by atoms with Crippen molar-refractivity contribution in [2.75, 3.05) is 11.9 Å². The molecule has 0 saturated heterocycles. The van der Waals surface area contributed by atoms with Crippen LogP contribution in [0.1, 0.15) is 28.7 Å². The number of anilines is 1. The molecule has 1 aromatic heterocycles. The number of hydrogen-bond acceptors (Lipinski definition) is 6. The quantitative estimate of drug-likeness (QED) is 0.372. The number of ether oxygens (including phenoxy) is 1. The van der Waals surface area contributed by atoms with E-state index in [2.05, 4.69) is 16.4 Å². The second kappa shape index (κ2) is 9.87. The maximum Gasteiger partial charge on any atom is 0.338 e. The number of carbonyl (C=O) groups is 1. The highest BCUT2D eigenvalue weighted by Crippen LogP contribution is 2.27. The van der Waals surface area contributed by atoms with E-state index in [-0.39, 0.29) is 5.97 Å². The van der Waals surface area contributed by atoms with Crippen LogP contribution in [0.25, 0.3) is 16.8 Å². The third kappa shape index (κ3) is 5.44. The first-order valence-electron chi connectivity index (χ1n) is 8.96. The van der Waals surface area contributed by atoms with Crippen LogP contribution >= 0.6 is 22.9 Å². The molecule has 0 radical (unpaired) electrons. The highest BCUT2D eigenvalue weighted by Gasteiger charge is 2.10. The molecular weight excluding hydrogens is 406 g/mol. The predicted octanol–water partition coefficient (Wildman–Crippen LogP) is 6.01. The van der Waals surface area contributed by atoms with Gasteiger partial charge in [-0.2, -0.15) is 5.26 Å². The summed E-state index contributed by atoms with van der Waals surface area (Å²) in [6.07, 6.45) is 2.39. The first kappa shape index (κ1) is 20.6. The van der Waals surface area contributed by atoms with Crippen molar-refractivity contribution in [3.8, 4) is 17.3 Å². The Morgan fingerprint density at radius 2 is 1.97 bits per heavy atom. The van der Waals surface area contributed by atoms with Crippen molar-refractivity contribution in [2.45, 2.75) is 13.3 Å². The molecule has 0 atom stereocenters. The number of allylic oxidation sites excluding steroid dienone is 1. The summed E-state index contributed by atoms with van der Waals surface area (Å²) in [6, 6.07) is 16.4. The third-order valence-corrected chi connectivity index (χ3v) is 5.06. The van der Waals surface area contributed by atoms with Gasteiger partial charge in [0.1, 0.15) is 16.6 Å². The standard InChI is InChI=1S/C22H18ClN3O2S/c1-2-11-28-22(27)16-5-9-19(10-6-16)25-13-17(12-24)21-26-20(14-29-21)15-3-7-18(23)8-4-15/h3-10,13-14,25H,2,11H2,1H3. The van der Waals surface area contributed by atoms with Gasteiger partial charge in [-0.05, 0) is 42.8 Å². The summed E-state index contributed by atoms with van der Waals surface area (Å²) in [7, 11) is 0. The molecule has 0 spiro atoms. The van der Waals surface area contributed by atoms with Crippen molar-refractivity contribution in [1.82, 2.24) is 4.98 Å². The Hall–Kier alpha value is -3.14. The minimum Gasteiger partial charge on any atom is -0.462 e. The minimum atomic E-state index is -0.343. The lowest BCUT2D eigenvalue weighted by atomic mass is 10.2. The number of nitriles is 1. The van der Waals surface area contributed by atoms with Gasteiger partial charge in [0, 0.05) is 27.9 Å². The van der Waals surface area contributed by atoms with Crippen molar-refractivity contribution in [2.24, 2.45) is 0 Å². The van der Waals surface area contributed by atoms with E-state index in [1.807, 2.05) is 24.4 Å². The van der Waals surface area contributed by atoms with Crippen LogP contribution in [0, 0.1) is 11.3 Å². The highest BCUT2D eigenvalue weighted by atomic mass is 35.5. The van der Waals surface area contributed by atoms with Crippen LogP contribution in [0.5, 0.6) is 0 Å². The molecule has 0 unspecified atom stereocenters. The molecule has 0 aliphatic heterocycles. The second-order valence-electron chi connectivity index (χ2n) is 6.07. The van der Waals surface area contributed by atoms with Gasteiger partial charge in [-0.15, -0.1) is 11.3 Å². The Labute approximate surface area is 178 Å². The fraction of sp³-hybridized carbons (Fsp3) is 0.136. The molecule has 3 aromatic rings. The van der Waals surface area contributed by atoms with Crippen LogP contribution in [0.4, 0.5) is 5.69 Å². The zero-order valence-corrected chi connectivity index (χ0v) is 17.3. The number of halogens is 1. The van der Waals surface area contributed by atoms with E-state index in [4.69, 9.17) is 16.3 Å². The van der Waals surface area contributed by atoms with E-state index in [1.165, 1.54) is 11.3 Å². The molecule has 0 fully saturated rings. The van der Waals surface area contributed by atoms with Gasteiger partial charge in [-0.1, -0.05) is 30.7 Å². The Morgan fingerprint density at radius 1 is 1.24 bits per heavy atom. The summed E-state index contributed by atoms with van der Waals surface area (Å²) < 4.78 is 5.11. The number of hydrogen-bond donors (Lipinski definition) is 1. The zero-order valence-electron chi connectivity index (χ0n) is 15.7. The first-order chi connectivity index (χ1) is 14.1. The molecule has 146 valence electrons. The lowest BCUT2D eigenvalue weighted by molar-refractivity contribution is 0.0505. The molecule has 3 rings (SSSR count). The van der Waals surface area contributed by atoms with Crippen LogP contribution in [-0.4, -0.2) is 17.6 Å². The number of nitrogens with one attached hydrogen (secondary N) is 1. The lowest BCUT2D eigenvalue weighted by Crippen LogP contribution is -2.05. The lowest BCUT2D eigenvalue weighted by Gasteiger charge is -2.05. The van der Waals surface area contributed by atoms with Gasteiger partial charge in [0.25, 0.3) is 0 Å². The summed E-state index contributed by atoms with van der Waals surface area (Å²) in [4.78, 5) is 16.4. The van der Waals surface area contributed by atoms with Gasteiger partial charge in [-0.25, -0.2) is 9.78 Å². The first-order valence-corrected chi connectivity index (χ1v) is 10.2. The topological polar surface area (TPSA) is 75.0 Å². The number of esters is 1. The Bertz CT molecular complexity index is 1050. The number of aromatic nitrogens is 1. The smallest absolute Gasteiger partial charge is 0.338 e. The third-order valence-electron chi connectivity index (χ3n) is 3.94. The SMILES string of the molecule is CCCOC(=O)c1ccc(NC=C(C#N)c2nc(-c3ccc(Cl)cc3)cs2)cc1. The highest BCUT2D eigenvalue weighted by molar-refractivity contribution is 7.11. The summed E-state index contributed by atoms with van der Waals surface area (Å²) in [5.41, 5.74) is 3.38. The van der Waals surface area contributed by atoms with E-state index in [0.717, 1.165) is 23.4 Å². The van der Waals surface area contributed by atoms with E-state index in [9.17, 15) is 10.1 Å². The van der Waals surface area contributed by atoms with E-state index in [1.54, 1.807) is 42.6 Å². The van der Waals surface area contributed by atoms with Crippen LogP contribution in [0.2, 0.25) is 5.02 Å². The molecule has 29 heavy (non-hydrogen) atoms. The largest absolute Gasteiger partial charge is 0.462 e. The van der Waals surface area contributed by atoms with E-state index >= 15 is 0 Å². The number of rotatable bonds is 7. The summed E-state index contributed by atoms with van der Waals surface area (Å²) >= 11 is 7.32. The number of benzene rings is 2. The normalized spacial score (nSPS) is 11.0. The van der Waals surface area contributed by atoms with Crippen molar-refractivity contribution in [3.05, 3.63) is 75.7 Å². The molecule has 0 bridgehead atoms. The minimum absolute atomic E-state index is 0.343. The number of nitrogens with zero attached hydrogens (tertiary/aromatic N) is 2. The van der Waals surface area contributed by atoms with Gasteiger partial charge in [-0.3, -0.25) is 0 Å². The van der Waals surface area contributed by atoms with Gasteiger partial charge < -0.3 is 10.1 Å². The van der Waals surface area contributed by atoms with Crippen LogP contribution in [0.3, 0.4) is 0 Å². The molecule has 0 saturated carbocycles. The fourth-order valence-corrected chi connectivity index (χ4v) is 3.35. The molecule has 1 heterocycles. The Kier molecular flexibility index (Phi) is 7.01. The van der Waals surface area contributed by atoms with Gasteiger partial charge in [0.05, 0.1) is 17.9 Å². The fourth-order valence-electron chi connectivity index (χ4n) is 2.43. The molecule has 0 aliphatic rings. The molecule has 5 nitrogen and oxygen atoms in total. The van der Waals surface area contributed by atoms with E-state index in [0.29, 0.717) is 27.8 Å². The molecule has 7 heteroatoms. The predicted molar refractivity (Wildman–Crippen MR) is 117 cm³/mol. The van der Waals surface area contributed by atoms with Gasteiger partial charge in [0.15, 0.2) is 0 Å². The average Bonchev–Trinajstić information content (AvgIpc) is 3.23. The van der Waals surface area contributed by atoms with Crippen molar-refractivity contribution >= 4 is 40.2 Å². The summed E-state index contributed by atoms with van der Waals surface area (Å²) in [5.74, 6) is -0.343. The molecule has 1 N–H and O–H groups in total. The Balaban J connectivity index is 1.70.